The van der Waals surface area contributed by atoms with E-state index in [-0.39, 0.29) is 6.17 Å². The lowest BCUT2D eigenvalue weighted by Gasteiger charge is -2.41. The molecule has 3 atom stereocenters. The van der Waals surface area contributed by atoms with Crippen LogP contribution >= 0.6 is 0 Å². The number of aryl methyl sites for hydroxylation is 2. The standard InChI is InChI=1S/C39H51BN10/c1-9-29-22-28(16-20-33-44-38-35(47(33)8)26(6)48(11-3)27(7)49(38)12-4)15-17-30(29)14-13-21-42-39-45-36(40)34-37(46-39)50(24-43-34)32-19-18-31(23-32)25(5)41-10-2/h15,17,22,24,31-33,41,44H,5-7,9-14,18-19,21,23H2,1-4,8H3,(H,42,45,46). The smallest absolute Gasteiger partial charge is 0.224 e. The van der Waals surface area contributed by atoms with E-state index in [4.69, 9.17) is 12.8 Å². The van der Waals surface area contributed by atoms with Gasteiger partial charge >= 0.3 is 0 Å². The van der Waals surface area contributed by atoms with Crippen molar-refractivity contribution in [2.75, 3.05) is 38.5 Å². The Morgan fingerprint density at radius 3 is 2.62 bits per heavy atom. The summed E-state index contributed by atoms with van der Waals surface area (Å²) >= 11 is 0. The summed E-state index contributed by atoms with van der Waals surface area (Å²) in [6.07, 6.45) is 7.71. The molecule has 1 fully saturated rings. The van der Waals surface area contributed by atoms with E-state index >= 15 is 0 Å². The Hall–Kier alpha value is -4.85. The molecule has 50 heavy (non-hydrogen) atoms. The summed E-state index contributed by atoms with van der Waals surface area (Å²) in [7, 11) is 8.42. The van der Waals surface area contributed by atoms with E-state index in [9.17, 15) is 0 Å². The molecule has 1 aliphatic carbocycles. The maximum atomic E-state index is 6.35. The van der Waals surface area contributed by atoms with Gasteiger partial charge in [-0.15, -0.1) is 0 Å². The number of benzene rings is 1. The van der Waals surface area contributed by atoms with Crippen LogP contribution in [-0.4, -0.2) is 81.5 Å². The quantitative estimate of drug-likeness (QED) is 0.144. The van der Waals surface area contributed by atoms with Gasteiger partial charge in [-0.1, -0.05) is 44.6 Å². The molecule has 2 aromatic heterocycles. The second-order valence-electron chi connectivity index (χ2n) is 13.3. The molecule has 0 amide bonds. The van der Waals surface area contributed by atoms with Crippen molar-refractivity contribution in [3.05, 3.63) is 89.7 Å². The normalized spacial score (nSPS) is 20.3. The van der Waals surface area contributed by atoms with Gasteiger partial charge in [-0.3, -0.25) is 0 Å². The van der Waals surface area contributed by atoms with Crippen molar-refractivity contribution in [3.8, 4) is 11.8 Å². The molecule has 0 saturated heterocycles. The fourth-order valence-corrected chi connectivity index (χ4v) is 7.63. The van der Waals surface area contributed by atoms with Gasteiger partial charge in [0.15, 0.2) is 11.8 Å². The number of rotatable bonds is 12. The SMILES string of the molecule is [B]c1nc(NCCCc2ccc(C#CC3NC4=C(C(=C)N(CC)C(=C)N4CC)N3C)cc2CC)nc2c1ncn2C1CCC(C(=C)NCC)C1. The van der Waals surface area contributed by atoms with E-state index in [1.165, 1.54) is 11.1 Å². The highest BCUT2D eigenvalue weighted by atomic mass is 15.5. The molecule has 0 bridgehead atoms. The molecule has 6 rings (SSSR count). The lowest BCUT2D eigenvalue weighted by Crippen LogP contribution is -2.41. The number of hydrogen-bond acceptors (Lipinski definition) is 9. The number of nitrogens with one attached hydrogen (secondary N) is 3. The van der Waals surface area contributed by atoms with E-state index in [1.54, 1.807) is 0 Å². The third-order valence-electron chi connectivity index (χ3n) is 10.4. The molecule has 11 heteroatoms. The minimum atomic E-state index is -0.154. The third-order valence-corrected chi connectivity index (χ3v) is 10.4. The van der Waals surface area contributed by atoms with Crippen LogP contribution in [0.1, 0.15) is 76.1 Å². The highest BCUT2D eigenvalue weighted by Crippen LogP contribution is 2.39. The zero-order valence-electron chi connectivity index (χ0n) is 30.4. The summed E-state index contributed by atoms with van der Waals surface area (Å²) in [5.74, 6) is 9.88. The Morgan fingerprint density at radius 1 is 1.08 bits per heavy atom. The van der Waals surface area contributed by atoms with Crippen LogP contribution < -0.4 is 21.5 Å². The van der Waals surface area contributed by atoms with Gasteiger partial charge in [-0.25, -0.2) is 9.97 Å². The molecule has 2 aliphatic heterocycles. The van der Waals surface area contributed by atoms with Gasteiger partial charge in [0.1, 0.15) is 30.7 Å². The molecule has 3 aromatic rings. The Balaban J connectivity index is 1.07. The Labute approximate surface area is 299 Å². The van der Waals surface area contributed by atoms with Crippen molar-refractivity contribution in [1.82, 2.24) is 44.9 Å². The zero-order chi connectivity index (χ0) is 35.5. The Kier molecular flexibility index (Phi) is 10.5. The van der Waals surface area contributed by atoms with Crippen molar-refractivity contribution in [3.63, 3.8) is 0 Å². The van der Waals surface area contributed by atoms with Crippen molar-refractivity contribution in [2.24, 2.45) is 5.92 Å². The summed E-state index contributed by atoms with van der Waals surface area (Å²) in [6, 6.07) is 6.91. The number of aromatic nitrogens is 4. The van der Waals surface area contributed by atoms with Gasteiger partial charge in [-0.2, -0.15) is 4.98 Å². The molecule has 3 aliphatic rings. The zero-order valence-corrected chi connectivity index (χ0v) is 30.4. The lowest BCUT2D eigenvalue weighted by molar-refractivity contribution is 0.267. The molecule has 0 spiro atoms. The largest absolute Gasteiger partial charge is 0.389 e. The molecule has 1 saturated carbocycles. The van der Waals surface area contributed by atoms with Crippen LogP contribution in [0.5, 0.6) is 0 Å². The van der Waals surface area contributed by atoms with Gasteiger partial charge in [0.05, 0.1) is 12.0 Å². The summed E-state index contributed by atoms with van der Waals surface area (Å²) in [6.45, 7) is 24.8. The van der Waals surface area contributed by atoms with Crippen LogP contribution in [0.3, 0.4) is 0 Å². The highest BCUT2D eigenvalue weighted by Gasteiger charge is 2.39. The first-order valence-electron chi connectivity index (χ1n) is 18.2. The first-order chi connectivity index (χ1) is 24.2. The molecule has 3 N–H and O–H groups in total. The third kappa shape index (κ3) is 6.68. The van der Waals surface area contributed by atoms with Crippen molar-refractivity contribution in [1.29, 1.82) is 0 Å². The molecule has 2 radical (unpaired) electrons. The van der Waals surface area contributed by atoms with E-state index in [2.05, 4.69) is 130 Å². The lowest BCUT2D eigenvalue weighted by atomic mass is 9.98. The fraction of sp³-hybridized carbons (Fsp3) is 0.462. The molecule has 4 heterocycles. The maximum Gasteiger partial charge on any atom is 0.224 e. The minimum absolute atomic E-state index is 0.154. The first kappa shape index (κ1) is 35.0. The number of hydrogen-bond donors (Lipinski definition) is 3. The number of nitrogens with zero attached hydrogens (tertiary/aromatic N) is 7. The number of anilines is 1. The van der Waals surface area contributed by atoms with Crippen molar-refractivity contribution < 1.29 is 0 Å². The average molecular weight is 671 g/mol. The number of imidazole rings is 1. The summed E-state index contributed by atoms with van der Waals surface area (Å²) in [5.41, 5.74) is 8.69. The first-order valence-corrected chi connectivity index (χ1v) is 18.2. The minimum Gasteiger partial charge on any atom is -0.389 e. The fourth-order valence-electron chi connectivity index (χ4n) is 7.63. The second kappa shape index (κ2) is 15.0. The van der Waals surface area contributed by atoms with Crippen molar-refractivity contribution in [2.45, 2.75) is 78.4 Å². The summed E-state index contributed by atoms with van der Waals surface area (Å²) in [5, 5.41) is 10.4. The molecule has 10 nitrogen and oxygen atoms in total. The topological polar surface area (TPSA) is 89.4 Å². The number of fused-ring (bicyclic) bond motifs is 1. The van der Waals surface area contributed by atoms with Crippen molar-refractivity contribution >= 4 is 30.6 Å². The van der Waals surface area contributed by atoms with Gasteiger partial charge in [0.2, 0.25) is 5.95 Å². The summed E-state index contributed by atoms with van der Waals surface area (Å²) < 4.78 is 2.18. The van der Waals surface area contributed by atoms with Crippen LogP contribution in [0.15, 0.2) is 73.0 Å². The highest BCUT2D eigenvalue weighted by molar-refractivity contribution is 6.36. The maximum absolute atomic E-state index is 6.35. The van der Waals surface area contributed by atoms with Crippen LogP contribution in [-0.2, 0) is 12.8 Å². The number of likely N-dealkylation sites (N-methyl/N-ethyl adjacent to an activating group) is 2. The molecule has 1 aromatic carbocycles. The molecular weight excluding hydrogens is 619 g/mol. The van der Waals surface area contributed by atoms with E-state index in [0.29, 0.717) is 29.0 Å². The Morgan fingerprint density at radius 2 is 1.88 bits per heavy atom. The number of allylic oxidation sites excluding steroid dienone is 1. The molecular formula is C39H51BN10. The van der Waals surface area contributed by atoms with Crippen LogP contribution in [0.2, 0.25) is 0 Å². The monoisotopic (exact) mass is 670 g/mol. The Bertz CT molecular complexity index is 1880. The van der Waals surface area contributed by atoms with Gasteiger partial charge in [0.25, 0.3) is 0 Å². The van der Waals surface area contributed by atoms with E-state index in [0.717, 1.165) is 105 Å². The predicted octanol–water partition coefficient (Wildman–Crippen LogP) is 4.72. The van der Waals surface area contributed by atoms with Crippen LogP contribution in [0.4, 0.5) is 5.95 Å². The van der Waals surface area contributed by atoms with Crippen LogP contribution in [0, 0.1) is 17.8 Å². The van der Waals surface area contributed by atoms with Crippen LogP contribution in [0.25, 0.3) is 11.2 Å². The summed E-state index contributed by atoms with van der Waals surface area (Å²) in [4.78, 5) is 20.5. The van der Waals surface area contributed by atoms with E-state index in [1.807, 2.05) is 6.33 Å². The molecule has 260 valence electrons. The predicted molar refractivity (Wildman–Crippen MR) is 204 cm³/mol. The van der Waals surface area contributed by atoms with Gasteiger partial charge < -0.3 is 35.2 Å². The van der Waals surface area contributed by atoms with Gasteiger partial charge in [-0.05, 0) is 82.6 Å². The second-order valence-corrected chi connectivity index (χ2v) is 13.3. The van der Waals surface area contributed by atoms with Gasteiger partial charge in [0, 0.05) is 62.0 Å². The van der Waals surface area contributed by atoms with E-state index < -0.39 is 0 Å². The average Bonchev–Trinajstić information content (AvgIpc) is 3.84. The molecule has 3 unspecified atom stereocenters.